The lowest BCUT2D eigenvalue weighted by molar-refractivity contribution is 0.573. The molecule has 0 radical (unpaired) electrons. The monoisotopic (exact) mass is 455 g/mol. The molecule has 0 spiro atoms. The van der Waals surface area contributed by atoms with E-state index in [1.807, 2.05) is 30.3 Å². The molecule has 1 saturated heterocycles. The number of halogens is 2. The molecular weight excluding hydrogens is 438 g/mol. The first kappa shape index (κ1) is 19.2. The Morgan fingerprint density at radius 1 is 0.962 bits per heavy atom. The van der Waals surface area contributed by atoms with Crippen LogP contribution in [0.15, 0.2) is 64.0 Å². The van der Waals surface area contributed by atoms with Gasteiger partial charge in [0.1, 0.15) is 5.82 Å². The molecule has 26 heavy (non-hydrogen) atoms. The molecule has 138 valence electrons. The first-order chi connectivity index (χ1) is 12.1. The Bertz CT molecular complexity index is 1010. The third-order valence-electron chi connectivity index (χ3n) is 4.44. The van der Waals surface area contributed by atoms with Gasteiger partial charge in [0.25, 0.3) is 10.0 Å². The first-order valence-corrected chi connectivity index (χ1v) is 10.4. The third kappa shape index (κ3) is 3.36. The molecule has 2 aromatic carbocycles. The molecule has 8 heteroatoms. The molecule has 4 rings (SSSR count). The number of anilines is 1. The topological polar surface area (TPSA) is 54.3 Å². The fourth-order valence-electron chi connectivity index (χ4n) is 3.19. The van der Waals surface area contributed by atoms with Crippen LogP contribution in [0.2, 0.25) is 0 Å². The molecule has 1 N–H and O–H groups in total. The van der Waals surface area contributed by atoms with Crippen molar-refractivity contribution in [3.05, 3.63) is 59.1 Å². The predicted octanol–water partition coefficient (Wildman–Crippen LogP) is 3.47. The maximum absolute atomic E-state index is 13.4. The standard InChI is InChI=1S/C18H18BrN3O2S.ClH/c19-15-5-7-16(8-6-15)25(23,24)22-17-4-2-1-3-14(17)13-18(22)21-11-9-20-10-12-21;/h1-8,13,20H,9-12H2;1H. The maximum Gasteiger partial charge on any atom is 0.269 e. The van der Waals surface area contributed by atoms with Crippen LogP contribution in [0.1, 0.15) is 0 Å². The van der Waals surface area contributed by atoms with E-state index in [1.54, 1.807) is 24.3 Å². The lowest BCUT2D eigenvalue weighted by Gasteiger charge is -2.30. The lowest BCUT2D eigenvalue weighted by Crippen LogP contribution is -2.44. The summed E-state index contributed by atoms with van der Waals surface area (Å²) in [6.07, 6.45) is 0. The average molecular weight is 457 g/mol. The van der Waals surface area contributed by atoms with Crippen molar-refractivity contribution in [2.24, 2.45) is 0 Å². The normalized spacial score (nSPS) is 15.0. The van der Waals surface area contributed by atoms with Crippen LogP contribution in [-0.2, 0) is 10.0 Å². The van der Waals surface area contributed by atoms with E-state index in [9.17, 15) is 8.42 Å². The minimum absolute atomic E-state index is 0. The van der Waals surface area contributed by atoms with Crippen molar-refractivity contribution in [2.45, 2.75) is 4.90 Å². The maximum atomic E-state index is 13.4. The van der Waals surface area contributed by atoms with Crippen molar-refractivity contribution in [1.82, 2.24) is 9.29 Å². The number of aromatic nitrogens is 1. The van der Waals surface area contributed by atoms with Crippen LogP contribution in [0.3, 0.4) is 0 Å². The van der Waals surface area contributed by atoms with E-state index in [2.05, 4.69) is 26.1 Å². The van der Waals surface area contributed by atoms with Crippen molar-refractivity contribution in [2.75, 3.05) is 31.1 Å². The van der Waals surface area contributed by atoms with E-state index < -0.39 is 10.0 Å². The molecule has 0 unspecified atom stereocenters. The highest BCUT2D eigenvalue weighted by Crippen LogP contribution is 2.31. The van der Waals surface area contributed by atoms with Crippen LogP contribution in [-0.4, -0.2) is 38.6 Å². The zero-order valence-corrected chi connectivity index (χ0v) is 17.1. The molecule has 0 aliphatic carbocycles. The Labute approximate surface area is 167 Å². The van der Waals surface area contributed by atoms with Crippen LogP contribution in [0.4, 0.5) is 5.82 Å². The summed E-state index contributed by atoms with van der Waals surface area (Å²) in [5, 5.41) is 4.24. The van der Waals surface area contributed by atoms with Crippen LogP contribution in [0, 0.1) is 0 Å². The summed E-state index contributed by atoms with van der Waals surface area (Å²) < 4.78 is 29.1. The number of hydrogen-bond donors (Lipinski definition) is 1. The summed E-state index contributed by atoms with van der Waals surface area (Å²) in [4.78, 5) is 2.42. The largest absolute Gasteiger partial charge is 0.355 e. The van der Waals surface area contributed by atoms with E-state index in [4.69, 9.17) is 0 Å². The molecule has 3 aromatic rings. The zero-order valence-electron chi connectivity index (χ0n) is 13.9. The van der Waals surface area contributed by atoms with Crippen LogP contribution in [0.25, 0.3) is 10.9 Å². The van der Waals surface area contributed by atoms with Crippen LogP contribution in [0.5, 0.6) is 0 Å². The highest BCUT2D eigenvalue weighted by atomic mass is 79.9. The highest BCUT2D eigenvalue weighted by molar-refractivity contribution is 9.10. The van der Waals surface area contributed by atoms with E-state index in [0.29, 0.717) is 5.52 Å². The zero-order chi connectivity index (χ0) is 17.4. The Balaban J connectivity index is 0.00000196. The number of fused-ring (bicyclic) bond motifs is 1. The van der Waals surface area contributed by atoms with Crippen molar-refractivity contribution < 1.29 is 8.42 Å². The number of benzene rings is 2. The lowest BCUT2D eigenvalue weighted by atomic mass is 10.2. The van der Waals surface area contributed by atoms with Crippen LogP contribution < -0.4 is 10.2 Å². The Morgan fingerprint density at radius 3 is 2.31 bits per heavy atom. The molecule has 1 aromatic heterocycles. The molecular formula is C18H19BrClN3O2S. The summed E-state index contributed by atoms with van der Waals surface area (Å²) in [5.41, 5.74) is 0.707. The predicted molar refractivity (Wildman–Crippen MR) is 111 cm³/mol. The molecule has 0 amide bonds. The minimum atomic E-state index is -3.69. The van der Waals surface area contributed by atoms with Gasteiger partial charge in [-0.25, -0.2) is 12.4 Å². The summed E-state index contributed by atoms with van der Waals surface area (Å²) in [6, 6.07) is 16.4. The minimum Gasteiger partial charge on any atom is -0.355 e. The van der Waals surface area contributed by atoms with Gasteiger partial charge < -0.3 is 10.2 Å². The van der Waals surface area contributed by atoms with Crippen molar-refractivity contribution in [3.63, 3.8) is 0 Å². The second kappa shape index (κ2) is 7.60. The highest BCUT2D eigenvalue weighted by Gasteiger charge is 2.26. The second-order valence-electron chi connectivity index (χ2n) is 6.02. The summed E-state index contributed by atoms with van der Waals surface area (Å²) in [5.74, 6) is 0.727. The van der Waals surface area contributed by atoms with Gasteiger partial charge in [-0.3, -0.25) is 0 Å². The molecule has 0 saturated carbocycles. The fraction of sp³-hybridized carbons (Fsp3) is 0.222. The molecule has 0 bridgehead atoms. The van der Waals surface area contributed by atoms with Gasteiger partial charge in [0.2, 0.25) is 0 Å². The van der Waals surface area contributed by atoms with Gasteiger partial charge in [-0.1, -0.05) is 34.1 Å². The number of hydrogen-bond acceptors (Lipinski definition) is 4. The van der Waals surface area contributed by atoms with Gasteiger partial charge in [-0.15, -0.1) is 12.4 Å². The number of nitrogens with one attached hydrogen (secondary N) is 1. The average Bonchev–Trinajstić information content (AvgIpc) is 3.03. The SMILES string of the molecule is Cl.O=S(=O)(c1ccc(Br)cc1)n1c(N2CCNCC2)cc2ccccc21. The third-order valence-corrected chi connectivity index (χ3v) is 6.70. The number of nitrogens with zero attached hydrogens (tertiary/aromatic N) is 2. The fourth-order valence-corrected chi connectivity index (χ4v) is 4.99. The summed E-state index contributed by atoms with van der Waals surface area (Å²) in [6.45, 7) is 3.26. The van der Waals surface area contributed by atoms with Crippen molar-refractivity contribution >= 4 is 55.1 Å². The van der Waals surface area contributed by atoms with Gasteiger partial charge >= 0.3 is 0 Å². The Morgan fingerprint density at radius 2 is 1.62 bits per heavy atom. The van der Waals surface area contributed by atoms with E-state index >= 15 is 0 Å². The summed E-state index contributed by atoms with van der Waals surface area (Å²) in [7, 11) is -3.69. The molecule has 5 nitrogen and oxygen atoms in total. The van der Waals surface area contributed by atoms with Gasteiger partial charge in [0.15, 0.2) is 0 Å². The van der Waals surface area contributed by atoms with Crippen LogP contribution >= 0.6 is 28.3 Å². The molecule has 2 heterocycles. The van der Waals surface area contributed by atoms with E-state index in [1.165, 1.54) is 3.97 Å². The van der Waals surface area contributed by atoms with E-state index in [0.717, 1.165) is 41.9 Å². The van der Waals surface area contributed by atoms with Crippen molar-refractivity contribution in [3.8, 4) is 0 Å². The number of para-hydroxylation sites is 1. The molecule has 0 atom stereocenters. The Kier molecular flexibility index (Phi) is 5.62. The van der Waals surface area contributed by atoms with Gasteiger partial charge in [-0.2, -0.15) is 0 Å². The number of rotatable bonds is 3. The van der Waals surface area contributed by atoms with Gasteiger partial charge in [0, 0.05) is 36.0 Å². The van der Waals surface area contributed by atoms with Gasteiger partial charge in [-0.05, 0) is 36.4 Å². The second-order valence-corrected chi connectivity index (χ2v) is 8.72. The van der Waals surface area contributed by atoms with Crippen molar-refractivity contribution in [1.29, 1.82) is 0 Å². The van der Waals surface area contributed by atoms with Gasteiger partial charge in [0.05, 0.1) is 10.4 Å². The Hall–Kier alpha value is -1.54. The summed E-state index contributed by atoms with van der Waals surface area (Å²) >= 11 is 3.36. The first-order valence-electron chi connectivity index (χ1n) is 8.15. The quantitative estimate of drug-likeness (QED) is 0.656. The smallest absolute Gasteiger partial charge is 0.269 e. The molecule has 1 aliphatic heterocycles. The number of piperazine rings is 1. The molecule has 1 fully saturated rings. The van der Waals surface area contributed by atoms with E-state index in [-0.39, 0.29) is 17.3 Å². The molecule has 1 aliphatic rings.